The van der Waals surface area contributed by atoms with Crippen LogP contribution in [0, 0.1) is 11.6 Å². The summed E-state index contributed by atoms with van der Waals surface area (Å²) < 4.78 is 32.4. The number of anilines is 1. The summed E-state index contributed by atoms with van der Waals surface area (Å²) in [7, 11) is 0. The molecule has 5 nitrogen and oxygen atoms in total. The molecule has 20 heavy (non-hydrogen) atoms. The lowest BCUT2D eigenvalue weighted by Crippen LogP contribution is -2.11. The molecule has 0 aliphatic rings. The normalized spacial score (nSPS) is 11.7. The molecular weight excluding hydrogens is 268 g/mol. The van der Waals surface area contributed by atoms with E-state index in [-0.39, 0.29) is 23.5 Å². The highest BCUT2D eigenvalue weighted by Gasteiger charge is 2.21. The third-order valence-corrected chi connectivity index (χ3v) is 2.65. The van der Waals surface area contributed by atoms with E-state index in [1.165, 1.54) is 0 Å². The van der Waals surface area contributed by atoms with Crippen LogP contribution in [0.3, 0.4) is 0 Å². The van der Waals surface area contributed by atoms with E-state index in [9.17, 15) is 13.9 Å². The second kappa shape index (κ2) is 5.07. The summed E-state index contributed by atoms with van der Waals surface area (Å²) in [6.45, 7) is 5.49. The van der Waals surface area contributed by atoms with Gasteiger partial charge < -0.3 is 14.8 Å². The quantitative estimate of drug-likeness (QED) is 0.906. The van der Waals surface area contributed by atoms with Crippen molar-refractivity contribution in [2.24, 2.45) is 0 Å². The van der Waals surface area contributed by atoms with Crippen LogP contribution >= 0.6 is 0 Å². The predicted molar refractivity (Wildman–Crippen MR) is 68.3 cm³/mol. The molecule has 0 aliphatic heterocycles. The summed E-state index contributed by atoms with van der Waals surface area (Å²) in [5.41, 5.74) is -0.602. The topological polar surface area (TPSA) is 71.2 Å². The van der Waals surface area contributed by atoms with E-state index in [1.807, 2.05) is 20.8 Å². The molecule has 1 aromatic carbocycles. The molecule has 1 heterocycles. The number of hydrogen-bond donors (Lipinski definition) is 2. The lowest BCUT2D eigenvalue weighted by molar-refractivity contribution is 0.398. The number of rotatable bonds is 3. The van der Waals surface area contributed by atoms with Gasteiger partial charge in [0.15, 0.2) is 11.6 Å². The number of phenolic OH excluding ortho intramolecular Hbond substituents is 1. The Morgan fingerprint density at radius 1 is 1.25 bits per heavy atom. The monoisotopic (exact) mass is 283 g/mol. The van der Waals surface area contributed by atoms with Gasteiger partial charge >= 0.3 is 6.01 Å². The summed E-state index contributed by atoms with van der Waals surface area (Å²) in [4.78, 5) is 0. The van der Waals surface area contributed by atoms with Crippen LogP contribution in [-0.2, 0) is 12.0 Å². The molecule has 0 atom stereocenters. The van der Waals surface area contributed by atoms with Gasteiger partial charge in [0.2, 0.25) is 5.89 Å². The SMILES string of the molecule is CC(C)(C)c1nnc(NCc2c(F)ccc(O)c2F)o1. The second-order valence-electron chi connectivity index (χ2n) is 5.37. The van der Waals surface area contributed by atoms with Crippen molar-refractivity contribution < 1.29 is 18.3 Å². The van der Waals surface area contributed by atoms with Crippen LogP contribution in [0.25, 0.3) is 0 Å². The van der Waals surface area contributed by atoms with Crippen LogP contribution in [0.2, 0.25) is 0 Å². The molecular formula is C13H15F2N3O2. The summed E-state index contributed by atoms with van der Waals surface area (Å²) in [6, 6.07) is 2.01. The van der Waals surface area contributed by atoms with Crippen molar-refractivity contribution in [3.8, 4) is 5.75 Å². The third-order valence-electron chi connectivity index (χ3n) is 2.65. The van der Waals surface area contributed by atoms with Crippen LogP contribution in [0.5, 0.6) is 5.75 Å². The molecule has 7 heteroatoms. The Labute approximate surface area is 114 Å². The van der Waals surface area contributed by atoms with Crippen LogP contribution in [-0.4, -0.2) is 15.3 Å². The Morgan fingerprint density at radius 2 is 1.95 bits per heavy atom. The molecule has 2 aromatic rings. The molecule has 1 aromatic heterocycles. The van der Waals surface area contributed by atoms with E-state index in [2.05, 4.69) is 15.5 Å². The number of aromatic hydroxyl groups is 1. The largest absolute Gasteiger partial charge is 0.505 e. The number of phenols is 1. The Hall–Kier alpha value is -2.18. The van der Waals surface area contributed by atoms with Crippen molar-refractivity contribution in [1.29, 1.82) is 0 Å². The number of benzene rings is 1. The molecule has 0 aliphatic carbocycles. The van der Waals surface area contributed by atoms with Crippen molar-refractivity contribution >= 4 is 6.01 Å². The summed E-state index contributed by atoms with van der Waals surface area (Å²) in [5.74, 6) is -1.96. The van der Waals surface area contributed by atoms with Crippen molar-refractivity contribution in [2.75, 3.05) is 5.32 Å². The molecule has 0 bridgehead atoms. The first-order valence-corrected chi connectivity index (χ1v) is 6.02. The van der Waals surface area contributed by atoms with Gasteiger partial charge in [-0.1, -0.05) is 25.9 Å². The number of nitrogens with zero attached hydrogens (tertiary/aromatic N) is 2. The van der Waals surface area contributed by atoms with Gasteiger partial charge in [0.05, 0.1) is 6.54 Å². The molecule has 0 saturated carbocycles. The zero-order chi connectivity index (χ0) is 14.9. The summed E-state index contributed by atoms with van der Waals surface area (Å²) >= 11 is 0. The van der Waals surface area contributed by atoms with E-state index in [1.54, 1.807) is 0 Å². The minimum Gasteiger partial charge on any atom is -0.505 e. The number of nitrogens with one attached hydrogen (secondary N) is 1. The van der Waals surface area contributed by atoms with E-state index < -0.39 is 17.4 Å². The molecule has 0 radical (unpaired) electrons. The number of halogens is 2. The molecule has 0 fully saturated rings. The highest BCUT2D eigenvalue weighted by atomic mass is 19.1. The Morgan fingerprint density at radius 3 is 2.55 bits per heavy atom. The molecule has 108 valence electrons. The maximum atomic E-state index is 13.6. The van der Waals surface area contributed by atoms with Crippen LogP contribution in [0.4, 0.5) is 14.8 Å². The summed E-state index contributed by atoms with van der Waals surface area (Å²) in [6.07, 6.45) is 0. The average molecular weight is 283 g/mol. The minimum atomic E-state index is -1.01. The van der Waals surface area contributed by atoms with Crippen molar-refractivity contribution in [3.63, 3.8) is 0 Å². The number of hydrogen-bond acceptors (Lipinski definition) is 5. The van der Waals surface area contributed by atoms with Gasteiger partial charge in [-0.25, -0.2) is 8.78 Å². The van der Waals surface area contributed by atoms with Gasteiger partial charge in [-0.15, -0.1) is 5.10 Å². The van der Waals surface area contributed by atoms with Crippen molar-refractivity contribution in [3.05, 3.63) is 35.2 Å². The van der Waals surface area contributed by atoms with Gasteiger partial charge in [-0.3, -0.25) is 0 Å². The first-order valence-electron chi connectivity index (χ1n) is 6.02. The standard InChI is InChI=1S/C13H15F2N3O2/c1-13(2,3)11-17-18-12(20-11)16-6-7-8(14)4-5-9(19)10(7)15/h4-5,19H,6H2,1-3H3,(H,16,18). The molecule has 0 amide bonds. The fourth-order valence-corrected chi connectivity index (χ4v) is 1.51. The third kappa shape index (κ3) is 2.87. The zero-order valence-electron chi connectivity index (χ0n) is 11.4. The highest BCUT2D eigenvalue weighted by molar-refractivity contribution is 5.33. The second-order valence-corrected chi connectivity index (χ2v) is 5.37. The van der Waals surface area contributed by atoms with E-state index >= 15 is 0 Å². The Bertz CT molecular complexity index is 621. The highest BCUT2D eigenvalue weighted by Crippen LogP contribution is 2.24. The maximum Gasteiger partial charge on any atom is 0.315 e. The van der Waals surface area contributed by atoms with Crippen LogP contribution in [0.1, 0.15) is 32.2 Å². The first-order chi connectivity index (χ1) is 9.29. The lowest BCUT2D eigenvalue weighted by Gasteiger charge is -2.11. The Balaban J connectivity index is 2.14. The average Bonchev–Trinajstić information content (AvgIpc) is 2.83. The molecule has 0 saturated heterocycles. The Kier molecular flexibility index (Phi) is 3.61. The lowest BCUT2D eigenvalue weighted by atomic mass is 9.97. The van der Waals surface area contributed by atoms with E-state index in [0.717, 1.165) is 12.1 Å². The van der Waals surface area contributed by atoms with Crippen LogP contribution in [0.15, 0.2) is 16.5 Å². The molecule has 2 rings (SSSR count). The maximum absolute atomic E-state index is 13.6. The van der Waals surface area contributed by atoms with Gasteiger partial charge in [0.1, 0.15) is 5.82 Å². The van der Waals surface area contributed by atoms with Gasteiger partial charge in [-0.05, 0) is 12.1 Å². The van der Waals surface area contributed by atoms with Gasteiger partial charge in [0, 0.05) is 11.0 Å². The predicted octanol–water partition coefficient (Wildman–Crippen LogP) is 2.96. The zero-order valence-corrected chi connectivity index (χ0v) is 11.4. The fraction of sp³-hybridized carbons (Fsp3) is 0.385. The van der Waals surface area contributed by atoms with E-state index in [0.29, 0.717) is 5.89 Å². The van der Waals surface area contributed by atoms with E-state index in [4.69, 9.17) is 4.42 Å². The van der Waals surface area contributed by atoms with Gasteiger partial charge in [-0.2, -0.15) is 0 Å². The van der Waals surface area contributed by atoms with Crippen molar-refractivity contribution in [2.45, 2.75) is 32.7 Å². The molecule has 2 N–H and O–H groups in total. The first kappa shape index (κ1) is 14.2. The molecule has 0 spiro atoms. The fourth-order valence-electron chi connectivity index (χ4n) is 1.51. The van der Waals surface area contributed by atoms with Crippen molar-refractivity contribution in [1.82, 2.24) is 10.2 Å². The smallest absolute Gasteiger partial charge is 0.315 e. The minimum absolute atomic E-state index is 0.0667. The summed E-state index contributed by atoms with van der Waals surface area (Å²) in [5, 5.41) is 19.4. The van der Waals surface area contributed by atoms with Crippen LogP contribution < -0.4 is 5.32 Å². The number of aromatic nitrogens is 2. The van der Waals surface area contributed by atoms with Gasteiger partial charge in [0.25, 0.3) is 0 Å². The molecule has 0 unspecified atom stereocenters.